The van der Waals surface area contributed by atoms with Crippen molar-refractivity contribution in [2.24, 2.45) is 11.3 Å². The standard InChI is InChI=1S/C25H29IN4/c1-18(2)29-22-23(28-14-13-27-22)30(21-8-4-3-5-9-21)24(29)20-7-6-11-25(17-20)15-19(16-25)10-12-26/h3-5,7-10,12-14,18-19,24H,6,11,15-17H2,1-2H3/b12-10+. The van der Waals surface area contributed by atoms with Crippen LogP contribution in [0.25, 0.3) is 0 Å². The molecule has 1 spiro atoms. The van der Waals surface area contributed by atoms with Crippen LogP contribution in [-0.2, 0) is 0 Å². The minimum absolute atomic E-state index is 0.154. The third kappa shape index (κ3) is 3.35. The number of benzene rings is 1. The van der Waals surface area contributed by atoms with Crippen LogP contribution in [0, 0.1) is 11.3 Å². The first kappa shape index (κ1) is 20.0. The normalized spacial score (nSPS) is 28.2. The Morgan fingerprint density at radius 2 is 1.83 bits per heavy atom. The van der Waals surface area contributed by atoms with Crippen LogP contribution in [0.1, 0.15) is 46.0 Å². The summed E-state index contributed by atoms with van der Waals surface area (Å²) < 4.78 is 2.19. The molecule has 2 aliphatic carbocycles. The van der Waals surface area contributed by atoms with Gasteiger partial charge in [-0.2, -0.15) is 0 Å². The first-order valence-corrected chi connectivity index (χ1v) is 12.3. The Balaban J connectivity index is 1.54. The first-order valence-electron chi connectivity index (χ1n) is 11.0. The van der Waals surface area contributed by atoms with E-state index in [1.54, 1.807) is 0 Å². The summed E-state index contributed by atoms with van der Waals surface area (Å²) in [4.78, 5) is 14.4. The number of halogens is 1. The van der Waals surface area contributed by atoms with Gasteiger partial charge in [-0.15, -0.1) is 0 Å². The number of allylic oxidation sites excluding steroid dienone is 2. The van der Waals surface area contributed by atoms with E-state index < -0.39 is 0 Å². The maximum Gasteiger partial charge on any atom is 0.178 e. The summed E-state index contributed by atoms with van der Waals surface area (Å²) in [6.45, 7) is 4.54. The smallest absolute Gasteiger partial charge is 0.178 e. The van der Waals surface area contributed by atoms with Crippen molar-refractivity contribution >= 4 is 39.9 Å². The van der Waals surface area contributed by atoms with Crippen molar-refractivity contribution in [3.8, 4) is 0 Å². The van der Waals surface area contributed by atoms with E-state index in [9.17, 15) is 0 Å². The van der Waals surface area contributed by atoms with Crippen molar-refractivity contribution in [2.45, 2.75) is 58.2 Å². The minimum Gasteiger partial charge on any atom is -0.327 e. The van der Waals surface area contributed by atoms with Gasteiger partial charge in [0.25, 0.3) is 0 Å². The number of hydrogen-bond acceptors (Lipinski definition) is 4. The number of hydrogen-bond donors (Lipinski definition) is 0. The molecule has 5 rings (SSSR count). The molecule has 1 aliphatic heterocycles. The van der Waals surface area contributed by atoms with E-state index in [-0.39, 0.29) is 6.17 Å². The minimum atomic E-state index is 0.154. The molecule has 0 radical (unpaired) electrons. The van der Waals surface area contributed by atoms with Crippen molar-refractivity contribution in [1.29, 1.82) is 0 Å². The van der Waals surface area contributed by atoms with Gasteiger partial charge in [0.15, 0.2) is 11.6 Å². The highest BCUT2D eigenvalue weighted by Gasteiger charge is 2.49. The van der Waals surface area contributed by atoms with Gasteiger partial charge in [-0.3, -0.25) is 4.90 Å². The molecule has 1 atom stereocenters. The van der Waals surface area contributed by atoms with Gasteiger partial charge >= 0.3 is 0 Å². The Bertz CT molecular complexity index is 962. The fourth-order valence-corrected chi connectivity index (χ4v) is 6.34. The molecule has 3 aliphatic rings. The molecule has 1 fully saturated rings. The quantitative estimate of drug-likeness (QED) is 0.340. The summed E-state index contributed by atoms with van der Waals surface area (Å²) in [6.07, 6.45) is 15.0. The Labute approximate surface area is 193 Å². The molecule has 1 unspecified atom stereocenters. The molecular formula is C25H29IN4. The van der Waals surface area contributed by atoms with E-state index in [0.717, 1.165) is 17.6 Å². The van der Waals surface area contributed by atoms with Crippen molar-refractivity contribution in [2.75, 3.05) is 9.80 Å². The molecule has 30 heavy (non-hydrogen) atoms. The van der Waals surface area contributed by atoms with Crippen LogP contribution < -0.4 is 9.80 Å². The molecule has 4 nitrogen and oxygen atoms in total. The lowest BCUT2D eigenvalue weighted by Gasteiger charge is -2.51. The third-order valence-corrected chi connectivity index (χ3v) is 7.37. The van der Waals surface area contributed by atoms with Crippen LogP contribution in [0.3, 0.4) is 0 Å². The van der Waals surface area contributed by atoms with Crippen molar-refractivity contribution in [3.63, 3.8) is 0 Å². The highest BCUT2D eigenvalue weighted by atomic mass is 127. The number of nitrogens with zero attached hydrogens (tertiary/aromatic N) is 4. The molecule has 1 aromatic heterocycles. The maximum absolute atomic E-state index is 4.79. The molecule has 0 saturated heterocycles. The third-order valence-electron chi connectivity index (χ3n) is 6.96. The van der Waals surface area contributed by atoms with Gasteiger partial charge in [0.1, 0.15) is 6.17 Å². The number of para-hydroxylation sites is 1. The van der Waals surface area contributed by atoms with E-state index in [4.69, 9.17) is 9.97 Å². The van der Waals surface area contributed by atoms with Gasteiger partial charge in [0, 0.05) is 24.1 Å². The average Bonchev–Trinajstić information content (AvgIpc) is 3.09. The lowest BCUT2D eigenvalue weighted by molar-refractivity contribution is 0.0658. The average molecular weight is 512 g/mol. The van der Waals surface area contributed by atoms with E-state index >= 15 is 0 Å². The second kappa shape index (κ2) is 7.98. The van der Waals surface area contributed by atoms with Gasteiger partial charge in [0.05, 0.1) is 0 Å². The van der Waals surface area contributed by atoms with Crippen molar-refractivity contribution in [1.82, 2.24) is 9.97 Å². The van der Waals surface area contributed by atoms with Crippen LogP contribution >= 0.6 is 22.6 Å². The Hall–Kier alpha value is -1.89. The molecule has 0 bridgehead atoms. The monoisotopic (exact) mass is 512 g/mol. The van der Waals surface area contributed by atoms with Gasteiger partial charge in [-0.1, -0.05) is 52.9 Å². The van der Waals surface area contributed by atoms with Crippen LogP contribution in [0.2, 0.25) is 0 Å². The topological polar surface area (TPSA) is 32.3 Å². The lowest BCUT2D eigenvalue weighted by Crippen LogP contribution is -2.49. The molecule has 0 amide bonds. The first-order chi connectivity index (χ1) is 14.6. The highest BCUT2D eigenvalue weighted by molar-refractivity contribution is 14.1. The van der Waals surface area contributed by atoms with Crippen molar-refractivity contribution < 1.29 is 0 Å². The summed E-state index contributed by atoms with van der Waals surface area (Å²) in [7, 11) is 0. The molecule has 1 aromatic carbocycles. The lowest BCUT2D eigenvalue weighted by atomic mass is 9.55. The molecule has 2 aromatic rings. The predicted octanol–water partition coefficient (Wildman–Crippen LogP) is 6.62. The van der Waals surface area contributed by atoms with Crippen LogP contribution in [-0.4, -0.2) is 22.2 Å². The second-order valence-corrected chi connectivity index (χ2v) is 9.98. The second-order valence-electron chi connectivity index (χ2n) is 9.27. The Kier molecular flexibility index (Phi) is 5.33. The zero-order valence-corrected chi connectivity index (χ0v) is 19.9. The van der Waals surface area contributed by atoms with Gasteiger partial charge in [-0.05, 0) is 79.1 Å². The zero-order chi connectivity index (χ0) is 20.7. The Morgan fingerprint density at radius 1 is 1.10 bits per heavy atom. The van der Waals surface area contributed by atoms with E-state index in [1.807, 2.05) is 12.4 Å². The van der Waals surface area contributed by atoms with E-state index in [0.29, 0.717) is 11.5 Å². The fourth-order valence-electron chi connectivity index (χ4n) is 5.75. The number of rotatable bonds is 4. The number of anilines is 3. The van der Waals surface area contributed by atoms with E-state index in [2.05, 4.69) is 92.8 Å². The van der Waals surface area contributed by atoms with Crippen LogP contribution in [0.15, 0.2) is 64.5 Å². The Morgan fingerprint density at radius 3 is 2.53 bits per heavy atom. The molecule has 1 saturated carbocycles. The molecule has 0 N–H and O–H groups in total. The predicted molar refractivity (Wildman–Crippen MR) is 132 cm³/mol. The summed E-state index contributed by atoms with van der Waals surface area (Å²) in [5.41, 5.74) is 3.20. The summed E-state index contributed by atoms with van der Waals surface area (Å²) in [5, 5.41) is 0. The zero-order valence-electron chi connectivity index (χ0n) is 17.7. The number of aromatic nitrogens is 2. The van der Waals surface area contributed by atoms with Gasteiger partial charge in [-0.25, -0.2) is 9.97 Å². The summed E-state index contributed by atoms with van der Waals surface area (Å²) in [6, 6.07) is 11.0. The van der Waals surface area contributed by atoms with Crippen molar-refractivity contribution in [3.05, 3.63) is 64.5 Å². The molecule has 156 valence electrons. The number of fused-ring (bicyclic) bond motifs is 1. The van der Waals surface area contributed by atoms with Crippen LogP contribution in [0.4, 0.5) is 17.3 Å². The molecular weight excluding hydrogens is 483 g/mol. The molecule has 2 heterocycles. The maximum atomic E-state index is 4.79. The highest BCUT2D eigenvalue weighted by Crippen LogP contribution is 2.57. The largest absolute Gasteiger partial charge is 0.327 e. The molecule has 5 heteroatoms. The van der Waals surface area contributed by atoms with Gasteiger partial charge < -0.3 is 4.90 Å². The van der Waals surface area contributed by atoms with Crippen LogP contribution in [0.5, 0.6) is 0 Å². The fraction of sp³-hybridized carbons (Fsp3) is 0.440. The van der Waals surface area contributed by atoms with E-state index in [1.165, 1.54) is 43.4 Å². The summed E-state index contributed by atoms with van der Waals surface area (Å²) in [5.74, 6) is 2.74. The summed E-state index contributed by atoms with van der Waals surface area (Å²) >= 11 is 2.35. The SMILES string of the molecule is CC(C)N1c2nccnc2N(c2ccccc2)C1C1=CCCC2(C1)CC(/C=C/I)C2. The van der Waals surface area contributed by atoms with Gasteiger partial charge in [0.2, 0.25) is 0 Å².